The van der Waals surface area contributed by atoms with E-state index in [4.69, 9.17) is 4.74 Å². The number of nitrogens with one attached hydrogen (secondary N) is 1. The first-order valence-electron chi connectivity index (χ1n) is 8.12. The van der Waals surface area contributed by atoms with Gasteiger partial charge in [-0.25, -0.2) is 4.79 Å². The molecule has 0 aliphatic rings. The maximum absolute atomic E-state index is 12.3. The maximum atomic E-state index is 12.3. The number of rotatable bonds is 5. The number of esters is 1. The molecule has 25 heavy (non-hydrogen) atoms. The van der Waals surface area contributed by atoms with Gasteiger partial charge in [-0.1, -0.05) is 6.07 Å². The lowest BCUT2D eigenvalue weighted by atomic mass is 10.2. The Balaban J connectivity index is 2.00. The van der Waals surface area contributed by atoms with Gasteiger partial charge in [-0.2, -0.15) is 0 Å². The van der Waals surface area contributed by atoms with Crippen LogP contribution >= 0.6 is 15.9 Å². The average molecular weight is 407 g/mol. The molecule has 0 atom stereocenters. The Labute approximate surface area is 156 Å². The molecular formula is C19H23BrN2O3. The normalized spacial score (nSPS) is 10.8. The van der Waals surface area contributed by atoms with Crippen LogP contribution in [0.4, 0.5) is 5.69 Å². The molecule has 2 rings (SSSR count). The van der Waals surface area contributed by atoms with Crippen LogP contribution < -0.4 is 5.32 Å². The molecule has 0 aliphatic carbocycles. The Bertz CT molecular complexity index is 809. The topological polar surface area (TPSA) is 60.3 Å². The molecule has 0 unspecified atom stereocenters. The van der Waals surface area contributed by atoms with Crippen molar-refractivity contribution in [3.8, 4) is 0 Å². The third kappa shape index (κ3) is 4.51. The maximum Gasteiger partial charge on any atom is 0.340 e. The zero-order valence-electron chi connectivity index (χ0n) is 15.1. The van der Waals surface area contributed by atoms with E-state index in [0.717, 1.165) is 21.4 Å². The summed E-state index contributed by atoms with van der Waals surface area (Å²) in [4.78, 5) is 24.3. The summed E-state index contributed by atoms with van der Waals surface area (Å²) in [6.45, 7) is 9.58. The molecule has 1 aromatic heterocycles. The summed E-state index contributed by atoms with van der Waals surface area (Å²) < 4.78 is 8.03. The molecule has 6 heteroatoms. The Morgan fingerprint density at radius 3 is 2.44 bits per heavy atom. The Hall–Kier alpha value is -2.08. The second-order valence-electron chi connectivity index (χ2n) is 6.36. The molecule has 1 N–H and O–H groups in total. The number of carbonyl (C=O) groups is 2. The standard InChI is InChI=1S/C19H23BrN2O3/c1-11(2)22-13(4)9-15(14(22)5)19(24)25-10-18(23)21-17-7-6-12(3)8-16(17)20/h6-9,11H,10H2,1-5H3,(H,21,23). The largest absolute Gasteiger partial charge is 0.452 e. The Morgan fingerprint density at radius 2 is 1.88 bits per heavy atom. The molecule has 0 saturated heterocycles. The van der Waals surface area contributed by atoms with E-state index in [-0.39, 0.29) is 18.6 Å². The summed E-state index contributed by atoms with van der Waals surface area (Å²) in [5.41, 5.74) is 4.06. The minimum absolute atomic E-state index is 0.253. The van der Waals surface area contributed by atoms with Crippen molar-refractivity contribution in [2.24, 2.45) is 0 Å². The number of carbonyl (C=O) groups excluding carboxylic acids is 2. The summed E-state index contributed by atoms with van der Waals surface area (Å²) in [7, 11) is 0. The highest BCUT2D eigenvalue weighted by Gasteiger charge is 2.19. The van der Waals surface area contributed by atoms with Crippen LogP contribution in [0, 0.1) is 20.8 Å². The van der Waals surface area contributed by atoms with Crippen molar-refractivity contribution in [3.63, 3.8) is 0 Å². The van der Waals surface area contributed by atoms with Crippen molar-refractivity contribution in [2.75, 3.05) is 11.9 Å². The molecule has 0 fully saturated rings. The quantitative estimate of drug-likeness (QED) is 0.740. The van der Waals surface area contributed by atoms with Crippen molar-refractivity contribution < 1.29 is 14.3 Å². The van der Waals surface area contributed by atoms with Gasteiger partial charge in [0, 0.05) is 21.9 Å². The van der Waals surface area contributed by atoms with E-state index in [0.29, 0.717) is 11.3 Å². The van der Waals surface area contributed by atoms with Gasteiger partial charge < -0.3 is 14.6 Å². The summed E-state index contributed by atoms with van der Waals surface area (Å²) in [6, 6.07) is 7.65. The number of aryl methyl sites for hydroxylation is 2. The lowest BCUT2D eigenvalue weighted by molar-refractivity contribution is -0.119. The molecule has 1 aromatic carbocycles. The Morgan fingerprint density at radius 1 is 1.20 bits per heavy atom. The minimum Gasteiger partial charge on any atom is -0.452 e. The van der Waals surface area contributed by atoms with Gasteiger partial charge in [0.15, 0.2) is 6.61 Å². The molecule has 0 bridgehead atoms. The van der Waals surface area contributed by atoms with Crippen LogP contribution in [-0.4, -0.2) is 23.1 Å². The second kappa shape index (κ2) is 7.87. The van der Waals surface area contributed by atoms with Gasteiger partial charge in [-0.3, -0.25) is 4.79 Å². The number of benzene rings is 1. The van der Waals surface area contributed by atoms with Crippen molar-refractivity contribution in [3.05, 3.63) is 51.3 Å². The lowest BCUT2D eigenvalue weighted by Crippen LogP contribution is -2.21. The zero-order valence-corrected chi connectivity index (χ0v) is 16.7. The SMILES string of the molecule is Cc1ccc(NC(=O)COC(=O)c2cc(C)n(C(C)C)c2C)c(Br)c1. The van der Waals surface area contributed by atoms with Crippen LogP contribution in [0.1, 0.15) is 47.2 Å². The number of anilines is 1. The van der Waals surface area contributed by atoms with Crippen LogP contribution in [-0.2, 0) is 9.53 Å². The number of hydrogen-bond donors (Lipinski definition) is 1. The fourth-order valence-electron chi connectivity index (χ4n) is 2.90. The number of hydrogen-bond acceptors (Lipinski definition) is 3. The fraction of sp³-hybridized carbons (Fsp3) is 0.368. The average Bonchev–Trinajstić information content (AvgIpc) is 2.82. The molecule has 1 amide bonds. The molecular weight excluding hydrogens is 384 g/mol. The Kier molecular flexibility index (Phi) is 6.06. The van der Waals surface area contributed by atoms with Crippen molar-refractivity contribution in [1.82, 2.24) is 4.57 Å². The smallest absolute Gasteiger partial charge is 0.340 e. The number of halogens is 1. The molecule has 134 valence electrons. The number of ether oxygens (including phenoxy) is 1. The zero-order chi connectivity index (χ0) is 18.7. The number of aromatic nitrogens is 1. The third-order valence-corrected chi connectivity index (χ3v) is 4.61. The summed E-state index contributed by atoms with van der Waals surface area (Å²) in [5, 5.41) is 2.73. The van der Waals surface area contributed by atoms with Gasteiger partial charge in [-0.15, -0.1) is 0 Å². The minimum atomic E-state index is -0.488. The van der Waals surface area contributed by atoms with E-state index in [9.17, 15) is 9.59 Å². The van der Waals surface area contributed by atoms with E-state index in [1.807, 2.05) is 32.9 Å². The van der Waals surface area contributed by atoms with E-state index < -0.39 is 5.97 Å². The first-order chi connectivity index (χ1) is 11.7. The predicted octanol–water partition coefficient (Wildman–Crippen LogP) is 4.55. The molecule has 0 radical (unpaired) electrons. The highest BCUT2D eigenvalue weighted by atomic mass is 79.9. The summed E-state index contributed by atoms with van der Waals surface area (Å²) >= 11 is 3.40. The first-order valence-corrected chi connectivity index (χ1v) is 8.91. The van der Waals surface area contributed by atoms with Gasteiger partial charge in [0.2, 0.25) is 0 Å². The summed E-state index contributed by atoms with van der Waals surface area (Å²) in [5.74, 6) is -0.867. The van der Waals surface area contributed by atoms with E-state index in [1.54, 1.807) is 12.1 Å². The third-order valence-electron chi connectivity index (χ3n) is 3.95. The molecule has 1 heterocycles. The van der Waals surface area contributed by atoms with Gasteiger partial charge in [0.05, 0.1) is 11.3 Å². The van der Waals surface area contributed by atoms with Gasteiger partial charge in [-0.05, 0) is 74.3 Å². The predicted molar refractivity (Wildman–Crippen MR) is 102 cm³/mol. The second-order valence-corrected chi connectivity index (χ2v) is 7.21. The van der Waals surface area contributed by atoms with E-state index in [2.05, 4.69) is 39.7 Å². The monoisotopic (exact) mass is 406 g/mol. The van der Waals surface area contributed by atoms with Gasteiger partial charge in [0.25, 0.3) is 5.91 Å². The van der Waals surface area contributed by atoms with Crippen LogP contribution in [0.15, 0.2) is 28.7 Å². The van der Waals surface area contributed by atoms with Gasteiger partial charge in [0.1, 0.15) is 0 Å². The van der Waals surface area contributed by atoms with Crippen molar-refractivity contribution >= 4 is 33.5 Å². The molecule has 0 saturated carbocycles. The van der Waals surface area contributed by atoms with Crippen LogP contribution in [0.2, 0.25) is 0 Å². The molecule has 0 aliphatic heterocycles. The number of amides is 1. The molecule has 2 aromatic rings. The van der Waals surface area contributed by atoms with Crippen molar-refractivity contribution in [2.45, 2.75) is 40.7 Å². The number of nitrogens with zero attached hydrogens (tertiary/aromatic N) is 1. The lowest BCUT2D eigenvalue weighted by Gasteiger charge is -2.13. The van der Waals surface area contributed by atoms with Crippen LogP contribution in [0.3, 0.4) is 0 Å². The van der Waals surface area contributed by atoms with E-state index in [1.165, 1.54) is 0 Å². The molecule has 0 spiro atoms. The van der Waals surface area contributed by atoms with Crippen LogP contribution in [0.25, 0.3) is 0 Å². The first kappa shape index (κ1) is 19.2. The summed E-state index contributed by atoms with van der Waals surface area (Å²) in [6.07, 6.45) is 0. The fourth-order valence-corrected chi connectivity index (χ4v) is 3.49. The van der Waals surface area contributed by atoms with Gasteiger partial charge >= 0.3 is 5.97 Å². The highest BCUT2D eigenvalue weighted by Crippen LogP contribution is 2.23. The highest BCUT2D eigenvalue weighted by molar-refractivity contribution is 9.10. The van der Waals surface area contributed by atoms with Crippen LogP contribution in [0.5, 0.6) is 0 Å². The van der Waals surface area contributed by atoms with E-state index >= 15 is 0 Å². The van der Waals surface area contributed by atoms with Crippen molar-refractivity contribution in [1.29, 1.82) is 0 Å². The molecule has 5 nitrogen and oxygen atoms in total.